The normalized spacial score (nSPS) is 32.7. The number of hydrogen-bond acceptors (Lipinski definition) is 4. The first kappa shape index (κ1) is 12.6. The molecule has 0 unspecified atom stereocenters. The summed E-state index contributed by atoms with van der Waals surface area (Å²) >= 11 is 5.89. The number of halogens is 1. The van der Waals surface area contributed by atoms with Crippen molar-refractivity contribution in [3.8, 4) is 0 Å². The van der Waals surface area contributed by atoms with Crippen molar-refractivity contribution in [2.24, 2.45) is 5.10 Å². The second kappa shape index (κ2) is 4.32. The van der Waals surface area contributed by atoms with Crippen molar-refractivity contribution in [2.45, 2.75) is 31.5 Å². The molecule has 0 bridgehead atoms. The SMILES string of the molecule is C[C@@H]1O[C@@]1(C)C(=O)C1=NNC[C@H]1c1ccc(Cl)cc1. The van der Waals surface area contributed by atoms with Gasteiger partial charge in [-0.1, -0.05) is 23.7 Å². The number of ketones is 1. The molecular weight excluding hydrogens is 264 g/mol. The van der Waals surface area contributed by atoms with Crippen molar-refractivity contribution in [3.63, 3.8) is 0 Å². The van der Waals surface area contributed by atoms with E-state index in [2.05, 4.69) is 10.5 Å². The number of carbonyl (C=O) groups excluding carboxylic acids is 1. The van der Waals surface area contributed by atoms with Gasteiger partial charge < -0.3 is 10.2 Å². The summed E-state index contributed by atoms with van der Waals surface area (Å²) in [5, 5.41) is 4.85. The lowest BCUT2D eigenvalue weighted by Gasteiger charge is -2.13. The van der Waals surface area contributed by atoms with E-state index in [4.69, 9.17) is 16.3 Å². The molecule has 0 saturated carbocycles. The minimum Gasteiger partial charge on any atom is -0.358 e. The van der Waals surface area contributed by atoms with Gasteiger partial charge in [-0.05, 0) is 31.5 Å². The number of Topliss-reactive ketones (excluding diaryl/α,β-unsaturated/α-hetero) is 1. The fourth-order valence-corrected chi connectivity index (χ4v) is 2.53. The second-order valence-electron chi connectivity index (χ2n) is 5.16. The van der Waals surface area contributed by atoms with E-state index in [-0.39, 0.29) is 17.8 Å². The number of nitrogens with one attached hydrogen (secondary N) is 1. The smallest absolute Gasteiger partial charge is 0.213 e. The maximum absolute atomic E-state index is 12.5. The van der Waals surface area contributed by atoms with Crippen LogP contribution in [-0.2, 0) is 9.53 Å². The lowest BCUT2D eigenvalue weighted by Crippen LogP contribution is -2.33. The zero-order chi connectivity index (χ0) is 13.6. The Morgan fingerprint density at radius 3 is 2.68 bits per heavy atom. The summed E-state index contributed by atoms with van der Waals surface area (Å²) in [5.74, 6) is -0.0528. The standard InChI is InChI=1S/C14H15ClN2O2/c1-8-14(2,19-8)13(18)12-11(7-16-17-12)9-3-5-10(15)6-4-9/h3-6,8,11,16H,7H2,1-2H3/t8-,11-,14+/m0/s1. The van der Waals surface area contributed by atoms with E-state index in [9.17, 15) is 4.79 Å². The van der Waals surface area contributed by atoms with Crippen LogP contribution < -0.4 is 5.43 Å². The Kier molecular flexibility index (Phi) is 2.87. The maximum atomic E-state index is 12.5. The quantitative estimate of drug-likeness (QED) is 0.862. The average Bonchev–Trinajstić information content (AvgIpc) is 2.82. The van der Waals surface area contributed by atoms with Crippen molar-refractivity contribution in [1.82, 2.24) is 5.43 Å². The molecule has 19 heavy (non-hydrogen) atoms. The molecule has 100 valence electrons. The Morgan fingerprint density at radius 2 is 2.11 bits per heavy atom. The minimum absolute atomic E-state index is 0.0232. The van der Waals surface area contributed by atoms with Crippen LogP contribution in [0.2, 0.25) is 5.02 Å². The molecule has 0 spiro atoms. The third-order valence-corrected chi connectivity index (χ3v) is 4.17. The van der Waals surface area contributed by atoms with Gasteiger partial charge in [0.1, 0.15) is 5.71 Å². The number of hydrogen-bond donors (Lipinski definition) is 1. The van der Waals surface area contributed by atoms with Crippen molar-refractivity contribution in [3.05, 3.63) is 34.9 Å². The molecule has 1 aromatic rings. The highest BCUT2D eigenvalue weighted by atomic mass is 35.5. The Balaban J connectivity index is 1.86. The first-order chi connectivity index (χ1) is 9.02. The number of benzene rings is 1. The van der Waals surface area contributed by atoms with E-state index >= 15 is 0 Å². The summed E-state index contributed by atoms with van der Waals surface area (Å²) in [4.78, 5) is 12.5. The minimum atomic E-state index is -0.699. The Labute approximate surface area is 116 Å². The largest absolute Gasteiger partial charge is 0.358 e. The molecule has 1 N–H and O–H groups in total. The summed E-state index contributed by atoms with van der Waals surface area (Å²) < 4.78 is 5.40. The lowest BCUT2D eigenvalue weighted by atomic mass is 9.87. The predicted molar refractivity (Wildman–Crippen MR) is 73.6 cm³/mol. The van der Waals surface area contributed by atoms with E-state index in [1.807, 2.05) is 38.1 Å². The molecule has 0 amide bonds. The van der Waals surface area contributed by atoms with Crippen molar-refractivity contribution in [1.29, 1.82) is 0 Å². The van der Waals surface area contributed by atoms with E-state index in [1.165, 1.54) is 0 Å². The molecule has 2 aliphatic heterocycles. The highest BCUT2D eigenvalue weighted by Gasteiger charge is 2.57. The van der Waals surface area contributed by atoms with Gasteiger partial charge in [0, 0.05) is 11.6 Å². The van der Waals surface area contributed by atoms with Crippen LogP contribution in [0.1, 0.15) is 25.3 Å². The summed E-state index contributed by atoms with van der Waals surface area (Å²) in [6.07, 6.45) is -0.0332. The fourth-order valence-electron chi connectivity index (χ4n) is 2.40. The molecule has 3 rings (SSSR count). The van der Waals surface area contributed by atoms with Gasteiger partial charge in [-0.25, -0.2) is 0 Å². The molecule has 0 radical (unpaired) electrons. The Hall–Kier alpha value is -1.39. The van der Waals surface area contributed by atoms with E-state index in [0.29, 0.717) is 17.3 Å². The van der Waals surface area contributed by atoms with E-state index < -0.39 is 5.60 Å². The van der Waals surface area contributed by atoms with Crippen LogP contribution in [0.15, 0.2) is 29.4 Å². The molecule has 1 fully saturated rings. The number of rotatable bonds is 3. The van der Waals surface area contributed by atoms with Gasteiger partial charge >= 0.3 is 0 Å². The lowest BCUT2D eigenvalue weighted by molar-refractivity contribution is -0.117. The zero-order valence-corrected chi connectivity index (χ0v) is 11.6. The summed E-state index contributed by atoms with van der Waals surface area (Å²) in [5.41, 5.74) is 3.80. The fraction of sp³-hybridized carbons (Fsp3) is 0.429. The van der Waals surface area contributed by atoms with Crippen LogP contribution in [0.4, 0.5) is 0 Å². The monoisotopic (exact) mass is 278 g/mol. The number of nitrogens with zero attached hydrogens (tertiary/aromatic N) is 1. The molecule has 0 aromatic heterocycles. The van der Waals surface area contributed by atoms with Gasteiger partial charge in [-0.2, -0.15) is 5.10 Å². The highest BCUT2D eigenvalue weighted by molar-refractivity contribution is 6.45. The molecule has 0 aliphatic carbocycles. The average molecular weight is 279 g/mol. The molecule has 5 heteroatoms. The topological polar surface area (TPSA) is 54.0 Å². The number of epoxide rings is 1. The van der Waals surface area contributed by atoms with Gasteiger partial charge in [0.2, 0.25) is 5.78 Å². The molecule has 3 atom stereocenters. The van der Waals surface area contributed by atoms with Gasteiger partial charge in [-0.15, -0.1) is 0 Å². The molecule has 2 heterocycles. The van der Waals surface area contributed by atoms with Crippen LogP contribution in [-0.4, -0.2) is 29.7 Å². The Morgan fingerprint density at radius 1 is 1.47 bits per heavy atom. The number of ether oxygens (including phenoxy) is 1. The van der Waals surface area contributed by atoms with Crippen LogP contribution in [0.3, 0.4) is 0 Å². The van der Waals surface area contributed by atoms with Crippen LogP contribution in [0.5, 0.6) is 0 Å². The summed E-state index contributed by atoms with van der Waals surface area (Å²) in [7, 11) is 0. The zero-order valence-electron chi connectivity index (χ0n) is 10.8. The summed E-state index contributed by atoms with van der Waals surface area (Å²) in [6, 6.07) is 7.52. The third-order valence-electron chi connectivity index (χ3n) is 3.92. The van der Waals surface area contributed by atoms with Crippen molar-refractivity contribution in [2.75, 3.05) is 6.54 Å². The second-order valence-corrected chi connectivity index (χ2v) is 5.60. The van der Waals surface area contributed by atoms with E-state index in [0.717, 1.165) is 5.56 Å². The van der Waals surface area contributed by atoms with Crippen LogP contribution >= 0.6 is 11.6 Å². The van der Waals surface area contributed by atoms with Gasteiger partial charge in [0.15, 0.2) is 5.60 Å². The first-order valence-corrected chi connectivity index (χ1v) is 6.68. The van der Waals surface area contributed by atoms with Crippen molar-refractivity contribution >= 4 is 23.1 Å². The van der Waals surface area contributed by atoms with Crippen LogP contribution in [0.25, 0.3) is 0 Å². The molecular formula is C14H15ClN2O2. The Bertz CT molecular complexity index is 555. The van der Waals surface area contributed by atoms with Gasteiger partial charge in [-0.3, -0.25) is 4.79 Å². The number of hydrazone groups is 1. The van der Waals surface area contributed by atoms with Gasteiger partial charge in [0.05, 0.1) is 12.0 Å². The maximum Gasteiger partial charge on any atom is 0.213 e. The van der Waals surface area contributed by atoms with Gasteiger partial charge in [0.25, 0.3) is 0 Å². The third kappa shape index (κ3) is 2.05. The molecule has 4 nitrogen and oxygen atoms in total. The molecule has 1 saturated heterocycles. The summed E-state index contributed by atoms with van der Waals surface area (Å²) in [6.45, 7) is 4.35. The van der Waals surface area contributed by atoms with Crippen LogP contribution in [0, 0.1) is 0 Å². The van der Waals surface area contributed by atoms with E-state index in [1.54, 1.807) is 0 Å². The van der Waals surface area contributed by atoms with Crippen molar-refractivity contribution < 1.29 is 9.53 Å². The number of carbonyl (C=O) groups is 1. The highest BCUT2D eigenvalue weighted by Crippen LogP contribution is 2.39. The molecule has 2 aliphatic rings. The predicted octanol–water partition coefficient (Wildman–Crippen LogP) is 2.13. The first-order valence-electron chi connectivity index (χ1n) is 6.31. The molecule has 1 aromatic carbocycles.